The molecule has 104 valence electrons. The molecule has 1 amide bonds. The lowest BCUT2D eigenvalue weighted by Gasteiger charge is -2.10. The van der Waals surface area contributed by atoms with Crippen LogP contribution in [0.1, 0.15) is 31.2 Å². The summed E-state index contributed by atoms with van der Waals surface area (Å²) in [6, 6.07) is 1.60. The molecule has 0 atom stereocenters. The van der Waals surface area contributed by atoms with Crippen LogP contribution in [0.3, 0.4) is 0 Å². The summed E-state index contributed by atoms with van der Waals surface area (Å²) in [5.41, 5.74) is 1.16. The van der Waals surface area contributed by atoms with Crippen LogP contribution in [0, 0.1) is 6.92 Å². The fraction of sp³-hybridized carbons (Fsp3) is 0.417. The van der Waals surface area contributed by atoms with Gasteiger partial charge in [0.1, 0.15) is 5.15 Å². The van der Waals surface area contributed by atoms with E-state index in [4.69, 9.17) is 28.3 Å². The molecular weight excluding hydrogens is 291 g/mol. The number of hydrogen-bond donors (Lipinski definition) is 2. The number of carboxylic acid groups (broad SMARTS) is 1. The Morgan fingerprint density at radius 2 is 1.95 bits per heavy atom. The summed E-state index contributed by atoms with van der Waals surface area (Å²) in [6.45, 7) is 1.76. The van der Waals surface area contributed by atoms with E-state index in [9.17, 15) is 9.59 Å². The van der Waals surface area contributed by atoms with Gasteiger partial charge in [-0.15, -0.1) is 0 Å². The van der Waals surface area contributed by atoms with Crippen LogP contribution >= 0.6 is 23.2 Å². The van der Waals surface area contributed by atoms with E-state index in [-0.39, 0.29) is 29.1 Å². The number of hydrogen-bond acceptors (Lipinski definition) is 3. The lowest BCUT2D eigenvalue weighted by atomic mass is 10.2. The molecule has 0 saturated carbocycles. The Morgan fingerprint density at radius 1 is 1.32 bits per heavy atom. The number of carboxylic acids is 1. The maximum absolute atomic E-state index is 11.7. The maximum atomic E-state index is 11.7. The number of nitrogens with zero attached hydrogens (tertiary/aromatic N) is 1. The third kappa shape index (κ3) is 5.44. The molecular formula is C12H14Cl2N2O3. The molecule has 5 nitrogen and oxygen atoms in total. The van der Waals surface area contributed by atoms with Gasteiger partial charge in [-0.3, -0.25) is 9.59 Å². The molecule has 0 bridgehead atoms. The van der Waals surface area contributed by atoms with Gasteiger partial charge < -0.3 is 10.4 Å². The van der Waals surface area contributed by atoms with Crippen LogP contribution in [0.15, 0.2) is 6.07 Å². The fourth-order valence-corrected chi connectivity index (χ4v) is 2.09. The number of aromatic nitrogens is 1. The highest BCUT2D eigenvalue weighted by molar-refractivity contribution is 6.34. The summed E-state index contributed by atoms with van der Waals surface area (Å²) in [4.78, 5) is 25.8. The van der Waals surface area contributed by atoms with Crippen LogP contribution < -0.4 is 5.32 Å². The van der Waals surface area contributed by atoms with Crippen LogP contribution in [-0.4, -0.2) is 22.0 Å². The van der Waals surface area contributed by atoms with Gasteiger partial charge in [-0.1, -0.05) is 23.2 Å². The molecule has 1 aromatic heterocycles. The Hall–Kier alpha value is -1.33. The monoisotopic (exact) mass is 304 g/mol. The average molecular weight is 305 g/mol. The quantitative estimate of drug-likeness (QED) is 0.624. The van der Waals surface area contributed by atoms with Crippen molar-refractivity contribution in [3.63, 3.8) is 0 Å². The number of carbonyl (C=O) groups excluding carboxylic acids is 1. The van der Waals surface area contributed by atoms with Crippen LogP contribution in [0.4, 0.5) is 5.69 Å². The van der Waals surface area contributed by atoms with Gasteiger partial charge in [0.15, 0.2) is 5.15 Å². The minimum absolute atomic E-state index is 0.0650. The lowest BCUT2D eigenvalue weighted by molar-refractivity contribution is -0.137. The summed E-state index contributed by atoms with van der Waals surface area (Å²) in [6.07, 6.45) is 1.28. The van der Waals surface area contributed by atoms with Gasteiger partial charge in [0, 0.05) is 12.8 Å². The highest BCUT2D eigenvalue weighted by Crippen LogP contribution is 2.26. The first-order valence-electron chi connectivity index (χ1n) is 5.74. The predicted octanol–water partition coefficient (Wildman–Crippen LogP) is 3.28. The Kier molecular flexibility index (Phi) is 6.05. The molecule has 7 heteroatoms. The van der Waals surface area contributed by atoms with Gasteiger partial charge >= 0.3 is 5.97 Å². The smallest absolute Gasteiger partial charge is 0.303 e. The number of amides is 1. The molecule has 0 aliphatic rings. The minimum Gasteiger partial charge on any atom is -0.481 e. The molecule has 0 unspecified atom stereocenters. The summed E-state index contributed by atoms with van der Waals surface area (Å²) in [7, 11) is 0. The van der Waals surface area contributed by atoms with E-state index >= 15 is 0 Å². The minimum atomic E-state index is -0.860. The van der Waals surface area contributed by atoms with E-state index in [2.05, 4.69) is 10.3 Å². The van der Waals surface area contributed by atoms with Crippen LogP contribution in [-0.2, 0) is 9.59 Å². The molecule has 0 fully saturated rings. The van der Waals surface area contributed by atoms with E-state index in [0.29, 0.717) is 18.5 Å². The maximum Gasteiger partial charge on any atom is 0.303 e. The van der Waals surface area contributed by atoms with Crippen molar-refractivity contribution in [2.45, 2.75) is 32.6 Å². The molecule has 0 aliphatic heterocycles. The van der Waals surface area contributed by atoms with Crippen molar-refractivity contribution in [3.05, 3.63) is 21.9 Å². The highest BCUT2D eigenvalue weighted by Gasteiger charge is 2.11. The molecule has 0 spiro atoms. The van der Waals surface area contributed by atoms with Crippen molar-refractivity contribution in [1.82, 2.24) is 4.98 Å². The standard InChI is InChI=1S/C12H14Cl2N2O3/c1-7-6-8(13)15-12(14)11(7)16-9(17)4-2-3-5-10(18)19/h6H,2-5H2,1H3,(H,16,17)(H,18,19). The van der Waals surface area contributed by atoms with Crippen LogP contribution in [0.5, 0.6) is 0 Å². The lowest BCUT2D eigenvalue weighted by Crippen LogP contribution is -2.13. The zero-order valence-corrected chi connectivity index (χ0v) is 11.9. The average Bonchev–Trinajstić information content (AvgIpc) is 2.29. The largest absolute Gasteiger partial charge is 0.481 e. The molecule has 0 saturated heterocycles. The first-order chi connectivity index (χ1) is 8.90. The number of rotatable bonds is 6. The first-order valence-corrected chi connectivity index (χ1v) is 6.50. The number of aliphatic carboxylic acids is 1. The normalized spacial score (nSPS) is 10.3. The van der Waals surface area contributed by atoms with Crippen LogP contribution in [0.2, 0.25) is 10.3 Å². The number of nitrogens with one attached hydrogen (secondary N) is 1. The van der Waals surface area contributed by atoms with Gasteiger partial charge in [0.25, 0.3) is 0 Å². The Labute approximate surface area is 120 Å². The molecule has 1 heterocycles. The van der Waals surface area contributed by atoms with Crippen LogP contribution in [0.25, 0.3) is 0 Å². The SMILES string of the molecule is Cc1cc(Cl)nc(Cl)c1NC(=O)CCCCC(=O)O. The third-order valence-electron chi connectivity index (χ3n) is 2.45. The highest BCUT2D eigenvalue weighted by atomic mass is 35.5. The topological polar surface area (TPSA) is 79.3 Å². The van der Waals surface area contributed by atoms with Crippen molar-refractivity contribution >= 4 is 40.8 Å². The van der Waals surface area contributed by atoms with Crippen molar-refractivity contribution in [3.8, 4) is 0 Å². The van der Waals surface area contributed by atoms with E-state index in [1.54, 1.807) is 13.0 Å². The molecule has 0 aromatic carbocycles. The first kappa shape index (κ1) is 15.7. The number of anilines is 1. The van der Waals surface area contributed by atoms with Crippen molar-refractivity contribution < 1.29 is 14.7 Å². The second kappa shape index (κ2) is 7.31. The van der Waals surface area contributed by atoms with Gasteiger partial charge in [-0.05, 0) is 31.4 Å². The number of pyridine rings is 1. The van der Waals surface area contributed by atoms with Gasteiger partial charge in [0.05, 0.1) is 5.69 Å². The van der Waals surface area contributed by atoms with Gasteiger partial charge in [-0.25, -0.2) is 4.98 Å². The van der Waals surface area contributed by atoms with Crippen molar-refractivity contribution in [2.75, 3.05) is 5.32 Å². The second-order valence-electron chi connectivity index (χ2n) is 4.08. The molecule has 0 radical (unpaired) electrons. The zero-order chi connectivity index (χ0) is 14.4. The molecule has 0 aliphatic carbocycles. The fourth-order valence-electron chi connectivity index (χ4n) is 1.51. The molecule has 2 N–H and O–H groups in total. The molecule has 1 aromatic rings. The van der Waals surface area contributed by atoms with E-state index in [1.807, 2.05) is 0 Å². The van der Waals surface area contributed by atoms with Gasteiger partial charge in [-0.2, -0.15) is 0 Å². The zero-order valence-electron chi connectivity index (χ0n) is 10.4. The molecule has 19 heavy (non-hydrogen) atoms. The van der Waals surface area contributed by atoms with E-state index in [1.165, 1.54) is 0 Å². The summed E-state index contributed by atoms with van der Waals surface area (Å²) < 4.78 is 0. The second-order valence-corrected chi connectivity index (χ2v) is 4.82. The van der Waals surface area contributed by atoms with E-state index < -0.39 is 5.97 Å². The van der Waals surface area contributed by atoms with Crippen molar-refractivity contribution in [1.29, 1.82) is 0 Å². The molecule has 1 rings (SSSR count). The van der Waals surface area contributed by atoms with E-state index in [0.717, 1.165) is 5.56 Å². The number of aryl methyl sites for hydroxylation is 1. The Bertz CT molecular complexity index is 469. The summed E-state index contributed by atoms with van der Waals surface area (Å²) in [5, 5.41) is 11.5. The Morgan fingerprint density at radius 3 is 2.53 bits per heavy atom. The Balaban J connectivity index is 2.51. The van der Waals surface area contributed by atoms with Gasteiger partial charge in [0.2, 0.25) is 5.91 Å². The van der Waals surface area contributed by atoms with Crippen molar-refractivity contribution in [2.24, 2.45) is 0 Å². The summed E-state index contributed by atoms with van der Waals surface area (Å²) in [5.74, 6) is -1.08. The number of carbonyl (C=O) groups is 2. The number of halogens is 2. The third-order valence-corrected chi connectivity index (χ3v) is 2.92. The number of unbranched alkanes of at least 4 members (excludes halogenated alkanes) is 1. The summed E-state index contributed by atoms with van der Waals surface area (Å²) >= 11 is 11.6. The predicted molar refractivity (Wildman–Crippen MR) is 73.7 cm³/mol.